The van der Waals surface area contributed by atoms with Gasteiger partial charge >= 0.3 is 0 Å². The Bertz CT molecular complexity index is 157. The van der Waals surface area contributed by atoms with E-state index in [4.69, 9.17) is 0 Å². The van der Waals surface area contributed by atoms with Crippen molar-refractivity contribution in [1.82, 2.24) is 5.32 Å². The van der Waals surface area contributed by atoms with Gasteiger partial charge in [-0.3, -0.25) is 0 Å². The van der Waals surface area contributed by atoms with Crippen LogP contribution in [-0.4, -0.2) is 13.1 Å². The molecule has 0 radical (unpaired) electrons. The lowest BCUT2D eigenvalue weighted by Crippen LogP contribution is -2.20. The van der Waals surface area contributed by atoms with E-state index in [-0.39, 0.29) is 0 Å². The highest BCUT2D eigenvalue weighted by Crippen LogP contribution is 1.96. The van der Waals surface area contributed by atoms with Gasteiger partial charge in [-0.25, -0.2) is 0 Å². The van der Waals surface area contributed by atoms with Gasteiger partial charge in [-0.1, -0.05) is 38.2 Å². The fourth-order valence-corrected chi connectivity index (χ4v) is 0.979. The lowest BCUT2D eigenvalue weighted by atomic mass is 10.2. The Morgan fingerprint density at radius 3 is 2.62 bits per heavy atom. The molecule has 0 aliphatic rings. The Morgan fingerprint density at radius 1 is 1.38 bits per heavy atom. The van der Waals surface area contributed by atoms with Gasteiger partial charge in [0.2, 0.25) is 0 Å². The number of rotatable bonds is 7. The van der Waals surface area contributed by atoms with Crippen molar-refractivity contribution >= 4 is 0 Å². The molecule has 0 amide bonds. The van der Waals surface area contributed by atoms with Crippen LogP contribution in [0.25, 0.3) is 0 Å². The van der Waals surface area contributed by atoms with Crippen molar-refractivity contribution in [3.63, 3.8) is 0 Å². The van der Waals surface area contributed by atoms with Crippen molar-refractivity contribution in [2.24, 2.45) is 5.92 Å². The van der Waals surface area contributed by atoms with E-state index in [2.05, 4.69) is 44.8 Å². The lowest BCUT2D eigenvalue weighted by molar-refractivity contribution is 0.556. The van der Waals surface area contributed by atoms with Crippen molar-refractivity contribution in [2.45, 2.75) is 33.6 Å². The predicted octanol–water partition coefficient (Wildman–Crippen LogP) is 3.14. The van der Waals surface area contributed by atoms with Crippen LogP contribution in [0.2, 0.25) is 0 Å². The summed E-state index contributed by atoms with van der Waals surface area (Å²) < 4.78 is 0. The molecule has 1 nitrogen and oxygen atoms in total. The van der Waals surface area contributed by atoms with Gasteiger partial charge in [0, 0.05) is 0 Å². The molecule has 0 aromatic carbocycles. The zero-order chi connectivity index (χ0) is 10.1. The van der Waals surface area contributed by atoms with Crippen molar-refractivity contribution in [1.29, 1.82) is 0 Å². The number of hydrogen-bond donors (Lipinski definition) is 1. The molecule has 0 rings (SSSR count). The molecule has 0 heterocycles. The van der Waals surface area contributed by atoms with Crippen molar-refractivity contribution in [3.8, 4) is 0 Å². The van der Waals surface area contributed by atoms with E-state index in [1.54, 1.807) is 0 Å². The van der Waals surface area contributed by atoms with Crippen LogP contribution in [-0.2, 0) is 0 Å². The minimum absolute atomic E-state index is 0.749. The Morgan fingerprint density at radius 2 is 2.08 bits per heavy atom. The van der Waals surface area contributed by atoms with E-state index < -0.39 is 0 Å². The van der Waals surface area contributed by atoms with Crippen molar-refractivity contribution < 1.29 is 0 Å². The van der Waals surface area contributed by atoms with Gasteiger partial charge < -0.3 is 5.32 Å². The maximum absolute atomic E-state index is 3.85. The van der Waals surface area contributed by atoms with Gasteiger partial charge in [0.25, 0.3) is 0 Å². The molecular weight excluding hydrogens is 158 g/mol. The van der Waals surface area contributed by atoms with Crippen LogP contribution in [0.4, 0.5) is 0 Å². The van der Waals surface area contributed by atoms with Gasteiger partial charge in [-0.05, 0) is 38.8 Å². The van der Waals surface area contributed by atoms with Crippen molar-refractivity contribution in [2.75, 3.05) is 13.1 Å². The first-order valence-corrected chi connectivity index (χ1v) is 5.13. The average Bonchev–Trinajstić information content (AvgIpc) is 2.01. The minimum atomic E-state index is 0.749. The summed E-state index contributed by atoms with van der Waals surface area (Å²) in [5.74, 6) is 0.749. The van der Waals surface area contributed by atoms with Gasteiger partial charge in [-0.2, -0.15) is 0 Å². The maximum Gasteiger partial charge on any atom is -0.00142 e. The third-order valence-corrected chi connectivity index (χ3v) is 1.67. The number of allylic oxidation sites excluding steroid dienone is 2. The Kier molecular flexibility index (Phi) is 7.71. The topological polar surface area (TPSA) is 12.0 Å². The van der Waals surface area contributed by atoms with Crippen LogP contribution < -0.4 is 5.32 Å². The summed E-state index contributed by atoms with van der Waals surface area (Å²) in [6.45, 7) is 12.6. The Labute approximate surface area is 82.9 Å². The van der Waals surface area contributed by atoms with E-state index in [0.29, 0.717) is 0 Å². The molecule has 0 fully saturated rings. The first kappa shape index (κ1) is 12.4. The fraction of sp³-hybridized carbons (Fsp3) is 0.667. The molecule has 0 saturated heterocycles. The molecule has 1 heteroatoms. The van der Waals surface area contributed by atoms with Crippen LogP contribution in [0, 0.1) is 5.92 Å². The molecule has 13 heavy (non-hydrogen) atoms. The van der Waals surface area contributed by atoms with Crippen molar-refractivity contribution in [3.05, 3.63) is 24.3 Å². The Balaban J connectivity index is 3.16. The van der Waals surface area contributed by atoms with Gasteiger partial charge in [0.15, 0.2) is 0 Å². The summed E-state index contributed by atoms with van der Waals surface area (Å²) in [4.78, 5) is 0. The van der Waals surface area contributed by atoms with E-state index in [1.165, 1.54) is 5.57 Å². The molecular formula is C12H23N. The minimum Gasteiger partial charge on any atom is -0.316 e. The SMILES string of the molecule is C=C(C)CC=CCCNCC(C)C. The molecule has 76 valence electrons. The molecule has 0 unspecified atom stereocenters. The summed E-state index contributed by atoms with van der Waals surface area (Å²) in [5, 5.41) is 3.40. The zero-order valence-corrected chi connectivity index (χ0v) is 9.27. The van der Waals surface area contributed by atoms with Crippen LogP contribution in [0.3, 0.4) is 0 Å². The monoisotopic (exact) mass is 181 g/mol. The van der Waals surface area contributed by atoms with E-state index in [0.717, 1.165) is 31.8 Å². The second-order valence-corrected chi connectivity index (χ2v) is 4.02. The summed E-state index contributed by atoms with van der Waals surface area (Å²) in [6.07, 6.45) is 6.56. The normalized spacial score (nSPS) is 11.4. The van der Waals surface area contributed by atoms with Crippen LogP contribution >= 0.6 is 0 Å². The average molecular weight is 181 g/mol. The largest absolute Gasteiger partial charge is 0.316 e. The zero-order valence-electron chi connectivity index (χ0n) is 9.27. The molecule has 0 aliphatic carbocycles. The fourth-order valence-electron chi connectivity index (χ4n) is 0.979. The summed E-state index contributed by atoms with van der Waals surface area (Å²) in [7, 11) is 0. The van der Waals surface area contributed by atoms with Gasteiger partial charge in [-0.15, -0.1) is 0 Å². The molecule has 0 atom stereocenters. The van der Waals surface area contributed by atoms with E-state index >= 15 is 0 Å². The molecule has 0 aliphatic heterocycles. The summed E-state index contributed by atoms with van der Waals surface area (Å²) in [5.41, 5.74) is 1.23. The van der Waals surface area contributed by atoms with Gasteiger partial charge in [0.1, 0.15) is 0 Å². The Hall–Kier alpha value is -0.560. The third-order valence-electron chi connectivity index (χ3n) is 1.67. The highest BCUT2D eigenvalue weighted by molar-refractivity contribution is 4.98. The van der Waals surface area contributed by atoms with Crippen LogP contribution in [0.5, 0.6) is 0 Å². The first-order chi connectivity index (χ1) is 6.13. The smallest absolute Gasteiger partial charge is 0.00142 e. The van der Waals surface area contributed by atoms with Crippen LogP contribution in [0.15, 0.2) is 24.3 Å². The van der Waals surface area contributed by atoms with Gasteiger partial charge in [0.05, 0.1) is 0 Å². The second-order valence-electron chi connectivity index (χ2n) is 4.02. The van der Waals surface area contributed by atoms with E-state index in [9.17, 15) is 0 Å². The third kappa shape index (κ3) is 11.4. The maximum atomic E-state index is 3.85. The first-order valence-electron chi connectivity index (χ1n) is 5.13. The second kappa shape index (κ2) is 8.06. The molecule has 0 saturated carbocycles. The number of hydrogen-bond acceptors (Lipinski definition) is 1. The lowest BCUT2D eigenvalue weighted by Gasteiger charge is -2.04. The standard InChI is InChI=1S/C12H23N/c1-11(2)8-6-5-7-9-13-10-12(3)4/h5-6,12-13H,1,7-10H2,2-4H3. The summed E-state index contributed by atoms with van der Waals surface area (Å²) in [6, 6.07) is 0. The molecule has 0 spiro atoms. The molecule has 0 aromatic rings. The molecule has 1 N–H and O–H groups in total. The highest BCUT2D eigenvalue weighted by Gasteiger charge is 1.90. The van der Waals surface area contributed by atoms with E-state index in [1.807, 2.05) is 0 Å². The quantitative estimate of drug-likeness (QED) is 0.470. The predicted molar refractivity (Wildman–Crippen MR) is 60.9 cm³/mol. The summed E-state index contributed by atoms with van der Waals surface area (Å²) >= 11 is 0. The highest BCUT2D eigenvalue weighted by atomic mass is 14.8. The molecule has 0 bridgehead atoms. The molecule has 0 aromatic heterocycles. The number of nitrogens with one attached hydrogen (secondary N) is 1. The van der Waals surface area contributed by atoms with Crippen LogP contribution in [0.1, 0.15) is 33.6 Å².